The zero-order chi connectivity index (χ0) is 17.2. The van der Waals surface area contributed by atoms with Crippen molar-refractivity contribution in [3.63, 3.8) is 0 Å². The molecule has 0 radical (unpaired) electrons. The third-order valence-electron chi connectivity index (χ3n) is 3.82. The normalized spacial score (nSPS) is 11.8. The fourth-order valence-corrected chi connectivity index (χ4v) is 2.63. The lowest BCUT2D eigenvalue weighted by Crippen LogP contribution is -2.49. The van der Waals surface area contributed by atoms with Crippen LogP contribution < -0.4 is 5.32 Å². The molecule has 0 aliphatic carbocycles. The lowest BCUT2D eigenvalue weighted by atomic mass is 10.1. The number of benzene rings is 1. The first-order chi connectivity index (χ1) is 11.0. The summed E-state index contributed by atoms with van der Waals surface area (Å²) in [6.07, 6.45) is 2.90. The third-order valence-corrected chi connectivity index (χ3v) is 4.19. The number of amides is 2. The summed E-state index contributed by atoms with van der Waals surface area (Å²) in [4.78, 5) is 26.5. The predicted molar refractivity (Wildman–Crippen MR) is 94.3 cm³/mol. The molecule has 0 spiro atoms. The Labute approximate surface area is 144 Å². The van der Waals surface area contributed by atoms with Crippen LogP contribution in [0.4, 0.5) is 0 Å². The fraction of sp³-hybridized carbons (Fsp3) is 0.556. The quantitative estimate of drug-likeness (QED) is 0.697. The van der Waals surface area contributed by atoms with Gasteiger partial charge in [-0.1, -0.05) is 57.0 Å². The minimum absolute atomic E-state index is 0.0394. The molecular weight excluding hydrogens is 312 g/mol. The topological polar surface area (TPSA) is 49.4 Å². The highest BCUT2D eigenvalue weighted by atomic mass is 35.5. The molecule has 1 atom stereocenters. The van der Waals surface area contributed by atoms with E-state index in [4.69, 9.17) is 11.6 Å². The highest BCUT2D eigenvalue weighted by Gasteiger charge is 2.27. The zero-order valence-corrected chi connectivity index (χ0v) is 15.0. The Morgan fingerprint density at radius 3 is 2.48 bits per heavy atom. The smallest absolute Gasteiger partial charge is 0.242 e. The first-order valence-electron chi connectivity index (χ1n) is 8.35. The standard InChI is InChI=1S/C18H27ClN2O2/c1-4-7-12-20-18(23)16(5-2)21(17(22)6-3)13-14-10-8-9-11-15(14)19/h8-11,16H,4-7,12-13H2,1-3H3,(H,20,23)/t16-/m1/s1. The van der Waals surface area contributed by atoms with Crippen LogP contribution in [0.3, 0.4) is 0 Å². The molecule has 0 fully saturated rings. The van der Waals surface area contributed by atoms with Crippen molar-refractivity contribution in [1.29, 1.82) is 0 Å². The van der Waals surface area contributed by atoms with Crippen molar-refractivity contribution < 1.29 is 9.59 Å². The van der Waals surface area contributed by atoms with Crippen LogP contribution in [-0.2, 0) is 16.1 Å². The minimum atomic E-state index is -0.462. The van der Waals surface area contributed by atoms with Crippen molar-refractivity contribution in [2.75, 3.05) is 6.54 Å². The number of hydrogen-bond donors (Lipinski definition) is 1. The molecule has 0 unspecified atom stereocenters. The van der Waals surface area contributed by atoms with Crippen LogP contribution >= 0.6 is 11.6 Å². The Hall–Kier alpha value is -1.55. The molecule has 1 N–H and O–H groups in total. The van der Waals surface area contributed by atoms with Crippen molar-refractivity contribution >= 4 is 23.4 Å². The number of carbonyl (C=O) groups is 2. The monoisotopic (exact) mass is 338 g/mol. The molecular formula is C18H27ClN2O2. The summed E-state index contributed by atoms with van der Waals surface area (Å²) < 4.78 is 0. The van der Waals surface area contributed by atoms with Gasteiger partial charge in [0.25, 0.3) is 0 Å². The SMILES string of the molecule is CCCCNC(=O)[C@@H](CC)N(Cc1ccccc1Cl)C(=O)CC. The second-order valence-electron chi connectivity index (χ2n) is 5.54. The van der Waals surface area contributed by atoms with Crippen molar-refractivity contribution in [2.45, 2.75) is 59.0 Å². The molecule has 0 aliphatic rings. The van der Waals surface area contributed by atoms with Crippen LogP contribution in [0.2, 0.25) is 5.02 Å². The van der Waals surface area contributed by atoms with Crippen molar-refractivity contribution in [3.05, 3.63) is 34.9 Å². The number of hydrogen-bond acceptors (Lipinski definition) is 2. The Morgan fingerprint density at radius 2 is 1.91 bits per heavy atom. The van der Waals surface area contributed by atoms with E-state index >= 15 is 0 Å². The van der Waals surface area contributed by atoms with E-state index < -0.39 is 6.04 Å². The van der Waals surface area contributed by atoms with Gasteiger partial charge in [0, 0.05) is 24.5 Å². The molecule has 1 aromatic rings. The second kappa shape index (κ2) is 10.3. The highest BCUT2D eigenvalue weighted by molar-refractivity contribution is 6.31. The average molecular weight is 339 g/mol. The molecule has 2 amide bonds. The van der Waals surface area contributed by atoms with Gasteiger partial charge in [-0.05, 0) is 24.5 Å². The van der Waals surface area contributed by atoms with Crippen molar-refractivity contribution in [2.24, 2.45) is 0 Å². The van der Waals surface area contributed by atoms with Gasteiger partial charge in [-0.3, -0.25) is 9.59 Å². The molecule has 23 heavy (non-hydrogen) atoms. The zero-order valence-electron chi connectivity index (χ0n) is 14.3. The summed E-state index contributed by atoms with van der Waals surface area (Å²) in [5, 5.41) is 3.54. The molecule has 0 saturated carbocycles. The Morgan fingerprint density at radius 1 is 1.22 bits per heavy atom. The average Bonchev–Trinajstić information content (AvgIpc) is 2.56. The Bertz CT molecular complexity index is 519. The molecule has 0 bridgehead atoms. The Balaban J connectivity index is 2.92. The van der Waals surface area contributed by atoms with Gasteiger partial charge >= 0.3 is 0 Å². The molecule has 0 heterocycles. The van der Waals surface area contributed by atoms with Crippen molar-refractivity contribution in [3.8, 4) is 0 Å². The molecule has 0 saturated heterocycles. The number of nitrogens with zero attached hydrogens (tertiary/aromatic N) is 1. The van der Waals surface area contributed by atoms with Crippen LogP contribution in [0.1, 0.15) is 52.0 Å². The largest absolute Gasteiger partial charge is 0.354 e. The van der Waals surface area contributed by atoms with Crippen LogP contribution in [0.25, 0.3) is 0 Å². The van der Waals surface area contributed by atoms with E-state index in [9.17, 15) is 9.59 Å². The first kappa shape index (κ1) is 19.5. The number of unbranched alkanes of at least 4 members (excludes halogenated alkanes) is 1. The van der Waals surface area contributed by atoms with Gasteiger partial charge in [0.05, 0.1) is 0 Å². The minimum Gasteiger partial charge on any atom is -0.354 e. The number of rotatable bonds is 9. The third kappa shape index (κ3) is 5.87. The number of halogens is 1. The summed E-state index contributed by atoms with van der Waals surface area (Å²) in [6, 6.07) is 6.97. The summed E-state index contributed by atoms with van der Waals surface area (Å²) in [5.74, 6) is -0.128. The van der Waals surface area contributed by atoms with Crippen LogP contribution in [0.15, 0.2) is 24.3 Å². The van der Waals surface area contributed by atoms with Gasteiger partial charge in [-0.15, -0.1) is 0 Å². The molecule has 128 valence electrons. The van der Waals surface area contributed by atoms with Crippen molar-refractivity contribution in [1.82, 2.24) is 10.2 Å². The van der Waals surface area contributed by atoms with Crippen LogP contribution in [-0.4, -0.2) is 29.3 Å². The van der Waals surface area contributed by atoms with E-state index in [-0.39, 0.29) is 11.8 Å². The van der Waals surface area contributed by atoms with E-state index in [1.807, 2.05) is 32.0 Å². The maximum atomic E-state index is 12.4. The fourth-order valence-electron chi connectivity index (χ4n) is 2.44. The van der Waals surface area contributed by atoms with E-state index in [0.717, 1.165) is 18.4 Å². The number of nitrogens with one attached hydrogen (secondary N) is 1. The summed E-state index contributed by atoms with van der Waals surface area (Å²) in [5.41, 5.74) is 0.857. The van der Waals surface area contributed by atoms with E-state index in [0.29, 0.717) is 31.0 Å². The second-order valence-corrected chi connectivity index (χ2v) is 5.94. The highest BCUT2D eigenvalue weighted by Crippen LogP contribution is 2.20. The summed E-state index contributed by atoms with van der Waals surface area (Å²) in [6.45, 7) is 6.81. The maximum Gasteiger partial charge on any atom is 0.242 e. The van der Waals surface area contributed by atoms with E-state index in [1.54, 1.807) is 11.0 Å². The van der Waals surface area contributed by atoms with Gasteiger partial charge in [-0.25, -0.2) is 0 Å². The van der Waals surface area contributed by atoms with Gasteiger partial charge in [0.1, 0.15) is 6.04 Å². The predicted octanol–water partition coefficient (Wildman–Crippen LogP) is 3.77. The molecule has 1 aromatic carbocycles. The number of carbonyl (C=O) groups excluding carboxylic acids is 2. The first-order valence-corrected chi connectivity index (χ1v) is 8.73. The molecule has 5 heteroatoms. The lowest BCUT2D eigenvalue weighted by Gasteiger charge is -2.30. The van der Waals surface area contributed by atoms with Crippen LogP contribution in [0.5, 0.6) is 0 Å². The Kier molecular flexibility index (Phi) is 8.70. The molecule has 4 nitrogen and oxygen atoms in total. The molecule has 1 rings (SSSR count). The summed E-state index contributed by atoms with van der Waals surface area (Å²) in [7, 11) is 0. The van der Waals surface area contributed by atoms with E-state index in [2.05, 4.69) is 12.2 Å². The van der Waals surface area contributed by atoms with Crippen LogP contribution in [0, 0.1) is 0 Å². The van der Waals surface area contributed by atoms with Gasteiger partial charge < -0.3 is 10.2 Å². The maximum absolute atomic E-state index is 12.4. The molecule has 0 aliphatic heterocycles. The van der Waals surface area contributed by atoms with Gasteiger partial charge in [0.2, 0.25) is 11.8 Å². The van der Waals surface area contributed by atoms with E-state index in [1.165, 1.54) is 0 Å². The van der Waals surface area contributed by atoms with Gasteiger partial charge in [0.15, 0.2) is 0 Å². The lowest BCUT2D eigenvalue weighted by molar-refractivity contribution is -0.141. The van der Waals surface area contributed by atoms with Gasteiger partial charge in [-0.2, -0.15) is 0 Å². The summed E-state index contributed by atoms with van der Waals surface area (Å²) >= 11 is 6.21. The molecule has 0 aromatic heterocycles.